The number of non-ortho nitro benzene ring substituents is 1. The normalized spacial score (nSPS) is 10.2. The second-order valence-corrected chi connectivity index (χ2v) is 5.43. The summed E-state index contributed by atoms with van der Waals surface area (Å²) in [5.41, 5.74) is 1.29. The molecule has 104 valence electrons. The lowest BCUT2D eigenvalue weighted by Crippen LogP contribution is -2.00. The summed E-state index contributed by atoms with van der Waals surface area (Å²) in [7, 11) is 0. The molecule has 4 nitrogen and oxygen atoms in total. The molecule has 0 amide bonds. The maximum absolute atomic E-state index is 10.5. The fourth-order valence-corrected chi connectivity index (χ4v) is 2.42. The van der Waals surface area contributed by atoms with Gasteiger partial charge in [0.1, 0.15) is 5.75 Å². The molecule has 0 saturated carbocycles. The summed E-state index contributed by atoms with van der Waals surface area (Å²) in [6.07, 6.45) is 0. The molecule has 0 atom stereocenters. The lowest BCUT2D eigenvalue weighted by atomic mass is 10.2. The minimum Gasteiger partial charge on any atom is -0.493 e. The average Bonchev–Trinajstić information content (AvgIpc) is 2.44. The largest absolute Gasteiger partial charge is 0.493 e. The van der Waals surface area contributed by atoms with Gasteiger partial charge in [0.05, 0.1) is 11.5 Å². The quantitative estimate of drug-likeness (QED) is 0.348. The van der Waals surface area contributed by atoms with Crippen molar-refractivity contribution in [1.82, 2.24) is 0 Å². The van der Waals surface area contributed by atoms with Gasteiger partial charge in [0.25, 0.3) is 5.69 Å². The summed E-state index contributed by atoms with van der Waals surface area (Å²) in [6, 6.07) is 14.5. The summed E-state index contributed by atoms with van der Waals surface area (Å²) in [4.78, 5) is 11.1. The molecule has 5 heteroatoms. The number of hydrogen-bond donors (Lipinski definition) is 0. The van der Waals surface area contributed by atoms with E-state index in [1.54, 1.807) is 23.9 Å². The zero-order valence-corrected chi connectivity index (χ0v) is 11.9. The first-order valence-electron chi connectivity index (χ1n) is 6.22. The van der Waals surface area contributed by atoms with E-state index < -0.39 is 4.92 Å². The highest BCUT2D eigenvalue weighted by atomic mass is 32.2. The van der Waals surface area contributed by atoms with Gasteiger partial charge in [0.15, 0.2) is 0 Å². The highest BCUT2D eigenvalue weighted by molar-refractivity contribution is 7.99. The van der Waals surface area contributed by atoms with Gasteiger partial charge < -0.3 is 4.74 Å². The molecule has 0 aromatic heterocycles. The summed E-state index contributed by atoms with van der Waals surface area (Å²) in [5, 5.41) is 10.5. The first kappa shape index (κ1) is 14.4. The van der Waals surface area contributed by atoms with Gasteiger partial charge in [0, 0.05) is 22.8 Å². The molecule has 0 radical (unpaired) electrons. The fourth-order valence-electron chi connectivity index (χ4n) is 1.69. The Morgan fingerprint density at radius 3 is 2.60 bits per heavy atom. The molecule has 0 spiro atoms. The van der Waals surface area contributed by atoms with Gasteiger partial charge in [-0.05, 0) is 36.8 Å². The number of aryl methyl sites for hydroxylation is 1. The third kappa shape index (κ3) is 4.28. The average molecular weight is 289 g/mol. The smallest absolute Gasteiger partial charge is 0.269 e. The third-order valence-corrected chi connectivity index (χ3v) is 3.63. The Bertz CT molecular complexity index is 584. The fraction of sp³-hybridized carbons (Fsp3) is 0.200. The van der Waals surface area contributed by atoms with Crippen LogP contribution in [0.1, 0.15) is 5.56 Å². The first-order valence-corrected chi connectivity index (χ1v) is 7.20. The van der Waals surface area contributed by atoms with Crippen LogP contribution >= 0.6 is 11.8 Å². The summed E-state index contributed by atoms with van der Waals surface area (Å²) in [5.74, 6) is 1.67. The zero-order chi connectivity index (χ0) is 14.4. The third-order valence-electron chi connectivity index (χ3n) is 2.66. The van der Waals surface area contributed by atoms with Gasteiger partial charge in [0.2, 0.25) is 0 Å². The van der Waals surface area contributed by atoms with Crippen molar-refractivity contribution in [2.24, 2.45) is 0 Å². The second kappa shape index (κ2) is 6.96. The Labute approximate surface area is 121 Å². The van der Waals surface area contributed by atoms with Crippen molar-refractivity contribution < 1.29 is 9.66 Å². The maximum atomic E-state index is 10.5. The molecule has 0 aliphatic heterocycles. The molecule has 2 aromatic carbocycles. The van der Waals surface area contributed by atoms with Crippen molar-refractivity contribution in [3.05, 3.63) is 64.2 Å². The van der Waals surface area contributed by atoms with Crippen molar-refractivity contribution in [3.8, 4) is 5.75 Å². The number of benzene rings is 2. The Hall–Kier alpha value is -2.01. The first-order chi connectivity index (χ1) is 9.65. The molecule has 0 aliphatic carbocycles. The summed E-state index contributed by atoms with van der Waals surface area (Å²) in [6.45, 7) is 2.63. The van der Waals surface area contributed by atoms with Crippen LogP contribution in [0.25, 0.3) is 0 Å². The van der Waals surface area contributed by atoms with E-state index in [0.29, 0.717) is 6.61 Å². The number of nitro benzene ring substituents is 1. The van der Waals surface area contributed by atoms with Crippen molar-refractivity contribution in [3.63, 3.8) is 0 Å². The molecule has 0 aliphatic rings. The molecule has 0 bridgehead atoms. The number of rotatable bonds is 6. The predicted molar refractivity (Wildman–Crippen MR) is 80.5 cm³/mol. The van der Waals surface area contributed by atoms with Crippen molar-refractivity contribution >= 4 is 17.4 Å². The highest BCUT2D eigenvalue weighted by Gasteiger charge is 2.04. The molecule has 0 N–H and O–H groups in total. The van der Waals surface area contributed by atoms with Crippen LogP contribution in [0.15, 0.2) is 53.4 Å². The molecule has 2 aromatic rings. The number of thioether (sulfide) groups is 1. The lowest BCUT2D eigenvalue weighted by Gasteiger charge is -2.06. The number of nitrogens with zero attached hydrogens (tertiary/aromatic N) is 1. The predicted octanol–water partition coefficient (Wildman–Crippen LogP) is 4.07. The van der Waals surface area contributed by atoms with E-state index in [4.69, 9.17) is 4.74 Å². The highest BCUT2D eigenvalue weighted by Crippen LogP contribution is 2.21. The zero-order valence-electron chi connectivity index (χ0n) is 11.1. The number of ether oxygens (including phenoxy) is 1. The maximum Gasteiger partial charge on any atom is 0.269 e. The lowest BCUT2D eigenvalue weighted by molar-refractivity contribution is -0.384. The van der Waals surface area contributed by atoms with E-state index >= 15 is 0 Å². The monoisotopic (exact) mass is 289 g/mol. The van der Waals surface area contributed by atoms with Crippen LogP contribution in [-0.2, 0) is 0 Å². The summed E-state index contributed by atoms with van der Waals surface area (Å²) < 4.78 is 5.64. The molecule has 2 rings (SSSR count). The van der Waals surface area contributed by atoms with Gasteiger partial charge >= 0.3 is 0 Å². The van der Waals surface area contributed by atoms with E-state index in [9.17, 15) is 10.1 Å². The van der Waals surface area contributed by atoms with Gasteiger partial charge in [-0.3, -0.25) is 10.1 Å². The van der Waals surface area contributed by atoms with Crippen LogP contribution < -0.4 is 4.74 Å². The molecular weight excluding hydrogens is 274 g/mol. The van der Waals surface area contributed by atoms with Gasteiger partial charge in [-0.1, -0.05) is 12.1 Å². The molecule has 20 heavy (non-hydrogen) atoms. The number of hydrogen-bond acceptors (Lipinski definition) is 4. The van der Waals surface area contributed by atoms with Crippen molar-refractivity contribution in [2.75, 3.05) is 12.4 Å². The topological polar surface area (TPSA) is 52.4 Å². The Morgan fingerprint density at radius 1 is 1.20 bits per heavy atom. The SMILES string of the molecule is Cc1cccc(OCCSc2ccc([N+](=O)[O-])cc2)c1. The molecule has 0 heterocycles. The minimum absolute atomic E-state index is 0.116. The Balaban J connectivity index is 1.77. The van der Waals surface area contributed by atoms with Crippen LogP contribution in [0.4, 0.5) is 5.69 Å². The van der Waals surface area contributed by atoms with E-state index in [1.807, 2.05) is 31.2 Å². The van der Waals surface area contributed by atoms with Gasteiger partial charge in [-0.25, -0.2) is 0 Å². The van der Waals surface area contributed by atoms with E-state index in [-0.39, 0.29) is 5.69 Å². The number of nitro groups is 1. The molecular formula is C15H15NO3S. The van der Waals surface area contributed by atoms with E-state index in [2.05, 4.69) is 0 Å². The van der Waals surface area contributed by atoms with Crippen LogP contribution in [-0.4, -0.2) is 17.3 Å². The molecule has 0 unspecified atom stereocenters. The van der Waals surface area contributed by atoms with Crippen molar-refractivity contribution in [2.45, 2.75) is 11.8 Å². The molecule has 0 saturated heterocycles. The van der Waals surface area contributed by atoms with Gasteiger partial charge in [-0.2, -0.15) is 0 Å². The van der Waals surface area contributed by atoms with Crippen LogP contribution in [0.2, 0.25) is 0 Å². The minimum atomic E-state index is -0.394. The van der Waals surface area contributed by atoms with E-state index in [0.717, 1.165) is 16.4 Å². The Morgan fingerprint density at radius 2 is 1.95 bits per heavy atom. The van der Waals surface area contributed by atoms with Gasteiger partial charge in [-0.15, -0.1) is 11.8 Å². The standard InChI is InChI=1S/C15H15NO3S/c1-12-3-2-4-14(11-12)19-9-10-20-15-7-5-13(6-8-15)16(17)18/h2-8,11H,9-10H2,1H3. The molecule has 0 fully saturated rings. The van der Waals surface area contributed by atoms with Crippen LogP contribution in [0, 0.1) is 17.0 Å². The van der Waals surface area contributed by atoms with Crippen LogP contribution in [0.5, 0.6) is 5.75 Å². The van der Waals surface area contributed by atoms with Crippen molar-refractivity contribution in [1.29, 1.82) is 0 Å². The summed E-state index contributed by atoms with van der Waals surface area (Å²) >= 11 is 1.62. The van der Waals surface area contributed by atoms with E-state index in [1.165, 1.54) is 17.7 Å². The van der Waals surface area contributed by atoms with Crippen LogP contribution in [0.3, 0.4) is 0 Å². The second-order valence-electron chi connectivity index (χ2n) is 4.26. The Kier molecular flexibility index (Phi) is 5.01.